The number of carbonyl (C=O) groups is 4. The Kier molecular flexibility index (Phi) is 24.1. The Bertz CT molecular complexity index is 5820. The van der Waals surface area contributed by atoms with Crippen molar-refractivity contribution >= 4 is 34.7 Å². The normalized spacial score (nSPS) is 22.0. The fourth-order valence-corrected chi connectivity index (χ4v) is 19.7. The van der Waals surface area contributed by atoms with E-state index in [-0.39, 0.29) is 95.3 Å². The molecule has 5 aromatic carbocycles. The Morgan fingerprint density at radius 1 is 0.344 bits per heavy atom. The summed E-state index contributed by atoms with van der Waals surface area (Å²) in [4.78, 5) is 112. The average molecular weight is 1680 g/mol. The van der Waals surface area contributed by atoms with Crippen molar-refractivity contribution in [3.63, 3.8) is 0 Å². The smallest absolute Gasteiger partial charge is 0.258 e. The number of hydrogen-bond donors (Lipinski definition) is 0. The van der Waals surface area contributed by atoms with Crippen LogP contribution in [0.4, 0.5) is 8.78 Å². The molecule has 634 valence electrons. The summed E-state index contributed by atoms with van der Waals surface area (Å²) in [7, 11) is 0. The van der Waals surface area contributed by atoms with Gasteiger partial charge in [-0.1, -0.05) is 72.3 Å². The minimum Gasteiger partial charge on any atom is -0.477 e. The molecule has 0 N–H and O–H groups in total. The van der Waals surface area contributed by atoms with E-state index in [4.69, 9.17) is 18.9 Å². The summed E-state index contributed by atoms with van der Waals surface area (Å²) in [5, 5.41) is 8.42. The minimum atomic E-state index is -0.544. The van der Waals surface area contributed by atoms with Gasteiger partial charge in [0.1, 0.15) is 11.6 Å². The van der Waals surface area contributed by atoms with Crippen molar-refractivity contribution in [3.05, 3.63) is 288 Å². The molecule has 4 amide bonds. The second-order valence-electron chi connectivity index (χ2n) is 33.4. The van der Waals surface area contributed by atoms with Gasteiger partial charge in [0.25, 0.3) is 23.6 Å². The number of fused-ring (bicyclic) bond motifs is 9. The monoisotopic (exact) mass is 1680 g/mol. The number of aromatic nitrogens is 14. The first-order valence-corrected chi connectivity index (χ1v) is 42.9. The lowest BCUT2D eigenvalue weighted by Crippen LogP contribution is -2.38. The van der Waals surface area contributed by atoms with Crippen molar-refractivity contribution in [2.24, 2.45) is 23.7 Å². The van der Waals surface area contributed by atoms with E-state index in [9.17, 15) is 28.0 Å². The van der Waals surface area contributed by atoms with Gasteiger partial charge in [0.05, 0.1) is 84.0 Å². The number of halogens is 2. The molecule has 28 heteroatoms. The predicted molar refractivity (Wildman–Crippen MR) is 461 cm³/mol. The molecule has 8 saturated heterocycles. The van der Waals surface area contributed by atoms with Crippen LogP contribution in [0, 0.1) is 63.0 Å². The van der Waals surface area contributed by atoms with E-state index < -0.39 is 11.6 Å². The maximum Gasteiger partial charge on any atom is 0.258 e. The van der Waals surface area contributed by atoms with Gasteiger partial charge in [-0.05, 0) is 194 Å². The van der Waals surface area contributed by atoms with Gasteiger partial charge in [-0.3, -0.25) is 19.2 Å². The Balaban J connectivity index is 0.000000113. The molecule has 125 heavy (non-hydrogen) atoms. The van der Waals surface area contributed by atoms with Gasteiger partial charge >= 0.3 is 0 Å². The summed E-state index contributed by atoms with van der Waals surface area (Å²) in [6.45, 7) is 10.1. The number of hydrogen-bond acceptors (Lipinski definition) is 21. The summed E-state index contributed by atoms with van der Waals surface area (Å²) >= 11 is 0. The lowest BCUT2D eigenvalue weighted by atomic mass is 9.90. The third kappa shape index (κ3) is 17.7. The maximum absolute atomic E-state index is 14.9. The molecule has 8 aliphatic heterocycles. The molecule has 0 saturated carbocycles. The number of amides is 4. The maximum atomic E-state index is 14.9. The van der Waals surface area contributed by atoms with Crippen LogP contribution in [0.15, 0.2) is 232 Å². The first-order chi connectivity index (χ1) is 61.1. The fraction of sp³-hybridized carbons (Fsp3) is 0.330. The SMILES string of the molecule is Cc1ccc(OCC2CC3CCC2N3C(=O)c2c(F)cccc2-c2ncccn2)nc1.Cc1ccc(OCC2CC3CCC2N3C(=O)c2cc(C)ccc2-c2ncccn2)nc1.Cc1ccc(OCC2CC3CCC2N3C(=O)c2cc(F)ccc2-c2ncccn2)nc1.O=C(c1ccccc1-n1nccn1)N1C2CCC1C(COc1cnc3ccccc3n1)C2. The van der Waals surface area contributed by atoms with E-state index in [0.717, 1.165) is 116 Å². The van der Waals surface area contributed by atoms with Gasteiger partial charge in [0.15, 0.2) is 17.5 Å². The number of para-hydroxylation sites is 3. The highest BCUT2D eigenvalue weighted by Crippen LogP contribution is 2.48. The molecular formula is C97H94F2N18O8. The van der Waals surface area contributed by atoms with E-state index in [1.165, 1.54) is 23.0 Å². The number of rotatable bonds is 20. The van der Waals surface area contributed by atoms with Gasteiger partial charge in [-0.15, -0.1) is 0 Å². The van der Waals surface area contributed by atoms with E-state index in [0.29, 0.717) is 107 Å². The van der Waals surface area contributed by atoms with Crippen molar-refractivity contribution in [3.8, 4) is 63.4 Å². The van der Waals surface area contributed by atoms with Crippen LogP contribution < -0.4 is 18.9 Å². The Morgan fingerprint density at radius 3 is 1.21 bits per heavy atom. The lowest BCUT2D eigenvalue weighted by molar-refractivity contribution is 0.0698. The van der Waals surface area contributed by atoms with Crippen molar-refractivity contribution in [1.82, 2.24) is 89.4 Å². The van der Waals surface area contributed by atoms with Gasteiger partial charge in [-0.2, -0.15) is 15.0 Å². The molecule has 0 spiro atoms. The van der Waals surface area contributed by atoms with Gasteiger partial charge in [0.2, 0.25) is 23.5 Å². The van der Waals surface area contributed by atoms with Crippen molar-refractivity contribution < 1.29 is 46.9 Å². The first kappa shape index (κ1) is 82.2. The van der Waals surface area contributed by atoms with Crippen LogP contribution in [0.3, 0.4) is 0 Å². The van der Waals surface area contributed by atoms with Gasteiger partial charge in [-0.25, -0.2) is 63.6 Å². The Morgan fingerprint density at radius 2 is 0.744 bits per heavy atom. The van der Waals surface area contributed by atoms with E-state index in [1.807, 2.05) is 147 Å². The number of carbonyl (C=O) groups excluding carboxylic acids is 4. The highest BCUT2D eigenvalue weighted by Gasteiger charge is 2.53. The molecule has 8 aromatic heterocycles. The zero-order chi connectivity index (χ0) is 85.6. The van der Waals surface area contributed by atoms with Crippen LogP contribution in [-0.4, -0.2) is 188 Å². The van der Waals surface area contributed by atoms with Crippen LogP contribution in [0.25, 0.3) is 50.9 Å². The first-order valence-electron chi connectivity index (χ1n) is 42.9. The van der Waals surface area contributed by atoms with E-state index in [1.54, 1.807) is 105 Å². The molecule has 8 aliphatic rings. The third-order valence-electron chi connectivity index (χ3n) is 25.5. The topological polar surface area (TPSA) is 291 Å². The van der Waals surface area contributed by atoms with Crippen LogP contribution in [-0.2, 0) is 0 Å². The van der Waals surface area contributed by atoms with Crippen molar-refractivity contribution in [2.45, 2.75) is 153 Å². The zero-order valence-electron chi connectivity index (χ0n) is 69.8. The molecule has 0 aliphatic carbocycles. The summed E-state index contributed by atoms with van der Waals surface area (Å²) in [5.41, 5.74) is 10.1. The second-order valence-corrected chi connectivity index (χ2v) is 33.4. The zero-order valence-corrected chi connectivity index (χ0v) is 69.8. The van der Waals surface area contributed by atoms with Crippen molar-refractivity contribution in [2.75, 3.05) is 26.4 Å². The molecule has 13 aromatic rings. The number of nitrogens with zero attached hydrogens (tertiary/aromatic N) is 18. The number of benzene rings is 5. The number of pyridine rings is 3. The molecule has 12 atom stereocenters. The van der Waals surface area contributed by atoms with Crippen molar-refractivity contribution in [1.29, 1.82) is 0 Å². The minimum absolute atomic E-state index is 0.0343. The molecular weight excluding hydrogens is 1580 g/mol. The van der Waals surface area contributed by atoms with Crippen LogP contribution in [0.1, 0.15) is 141 Å². The number of aryl methyl sites for hydroxylation is 4. The Labute approximate surface area is 722 Å². The summed E-state index contributed by atoms with van der Waals surface area (Å²) in [6, 6.07) is 48.0. The van der Waals surface area contributed by atoms with Crippen LogP contribution in [0.2, 0.25) is 0 Å². The quantitative estimate of drug-likeness (QED) is 0.0685. The molecule has 26 nitrogen and oxygen atoms in total. The fourth-order valence-electron chi connectivity index (χ4n) is 19.7. The lowest BCUT2D eigenvalue weighted by Gasteiger charge is -2.25. The second kappa shape index (κ2) is 36.7. The largest absolute Gasteiger partial charge is 0.477 e. The van der Waals surface area contributed by atoms with Gasteiger partial charge in [0, 0.05) is 163 Å². The molecule has 8 fully saturated rings. The summed E-state index contributed by atoms with van der Waals surface area (Å²) < 4.78 is 52.8. The number of ether oxygens (including phenoxy) is 4. The van der Waals surface area contributed by atoms with E-state index >= 15 is 0 Å². The van der Waals surface area contributed by atoms with E-state index in [2.05, 4.69) is 74.8 Å². The van der Waals surface area contributed by atoms with Gasteiger partial charge < -0.3 is 38.5 Å². The summed E-state index contributed by atoms with van der Waals surface area (Å²) in [6.07, 6.45) is 31.6. The standard InChI is InChI=1S/C25H26N4O2.2C24H23FN4O2.C24H22N6O2/c1-16-4-7-20(24-26-10-3-11-27-24)21(12-16)25(30)29-19-6-8-22(29)18(13-19)15-31-23-9-5-17(2)14-28-23;1-15-3-8-22(28-13-15)31-14-16-11-18-5-7-21(16)29(18)24(30)20-12-17(25)4-6-19(20)23-26-9-2-10-27-23;1-15-6-9-21(28-13-15)31-14-16-12-17-7-8-20(16)29(17)24(30)22-18(4-2-5-19(22)25)23-26-10-3-11-27-23;31-24(18-5-1-4-8-22(18)30-26-11-12-27-30)29-17-9-10-21(29)16(13-17)15-32-23-14-25-19-6-2-3-7-20(19)28-23/h3-5,7,9-12,14,18-19,22H,6,8,13,15H2,1-2H3;2-4,6,8-10,12-13,16,18,21H,5,7,11,14H2,1H3;2-6,9-11,13,16-17,20H,7-8,12,14H2,1H3;1-8,11-12,14,16-17,21H,9-10,13,15H2. The van der Waals surface area contributed by atoms with Crippen LogP contribution in [0.5, 0.6) is 23.5 Å². The molecule has 8 bridgehead atoms. The molecule has 12 unspecified atom stereocenters. The highest BCUT2D eigenvalue weighted by atomic mass is 19.1. The summed E-state index contributed by atoms with van der Waals surface area (Å²) in [5.74, 6) is 3.43. The molecule has 21 rings (SSSR count). The van der Waals surface area contributed by atoms with Crippen LogP contribution >= 0.6 is 0 Å². The predicted octanol–water partition coefficient (Wildman–Crippen LogP) is 15.6. The average Bonchev–Trinajstić information content (AvgIpc) is 1.62. The third-order valence-corrected chi connectivity index (χ3v) is 25.5. The Hall–Kier alpha value is -13.8. The highest BCUT2D eigenvalue weighted by molar-refractivity contribution is 6.03. The molecule has 0 radical (unpaired) electrons. The molecule has 16 heterocycles.